The summed E-state index contributed by atoms with van der Waals surface area (Å²) in [6, 6.07) is 23.0. The Balaban J connectivity index is 1.68. The summed E-state index contributed by atoms with van der Waals surface area (Å²) in [5.41, 5.74) is 7.94. The standard InChI is InChI=1S/C27H24Br2N4S/c1-16-14-21(11-12-23(16)29)33-26(25(31-27(33)34)24-6-4-5-13-30-24)22-15-17(2)32(18(22)3)20-9-7-19(28)8-10-20/h4-15,25-26H,1-3H3,(H,31,34)/t25-,26+/m0/s1. The number of anilines is 1. The minimum atomic E-state index is -0.0727. The zero-order chi connectivity index (χ0) is 24.0. The first-order chi connectivity index (χ1) is 16.3. The van der Waals surface area contributed by atoms with Gasteiger partial charge in [-0.15, -0.1) is 0 Å². The van der Waals surface area contributed by atoms with E-state index < -0.39 is 0 Å². The quantitative estimate of drug-likeness (QED) is 0.248. The molecule has 2 aromatic heterocycles. The zero-order valence-corrected chi connectivity index (χ0v) is 23.1. The third-order valence-electron chi connectivity index (χ3n) is 6.39. The number of aromatic nitrogens is 2. The van der Waals surface area contributed by atoms with Crippen molar-refractivity contribution in [1.82, 2.24) is 14.9 Å². The molecule has 0 aliphatic carbocycles. The molecule has 4 aromatic rings. The van der Waals surface area contributed by atoms with Crippen molar-refractivity contribution in [3.63, 3.8) is 0 Å². The number of benzene rings is 2. The summed E-state index contributed by atoms with van der Waals surface area (Å²) < 4.78 is 4.46. The van der Waals surface area contributed by atoms with Gasteiger partial charge in [-0.1, -0.05) is 37.9 Å². The summed E-state index contributed by atoms with van der Waals surface area (Å²) in [6.45, 7) is 6.44. The van der Waals surface area contributed by atoms with E-state index in [4.69, 9.17) is 12.2 Å². The Kier molecular flexibility index (Phi) is 6.35. The SMILES string of the molecule is Cc1cc(N2C(=S)N[C@@H](c3ccccn3)[C@H]2c2cc(C)n(-c3ccc(Br)cc3)c2C)ccc1Br. The number of aryl methyl sites for hydroxylation is 2. The summed E-state index contributed by atoms with van der Waals surface area (Å²) >= 11 is 13.1. The minimum absolute atomic E-state index is 0.0432. The van der Waals surface area contributed by atoms with Crippen LogP contribution < -0.4 is 10.2 Å². The zero-order valence-electron chi connectivity index (χ0n) is 19.1. The molecule has 2 aromatic carbocycles. The number of hydrogen-bond donors (Lipinski definition) is 1. The molecule has 4 nitrogen and oxygen atoms in total. The van der Waals surface area contributed by atoms with Gasteiger partial charge in [-0.25, -0.2) is 0 Å². The molecule has 3 heterocycles. The van der Waals surface area contributed by atoms with Gasteiger partial charge in [-0.05, 0) is 105 Å². The van der Waals surface area contributed by atoms with Crippen molar-refractivity contribution >= 4 is 54.9 Å². The van der Waals surface area contributed by atoms with Crippen molar-refractivity contribution in [2.75, 3.05) is 4.90 Å². The first-order valence-electron chi connectivity index (χ1n) is 11.1. The van der Waals surface area contributed by atoms with Crippen LogP contribution in [-0.4, -0.2) is 14.7 Å². The fourth-order valence-corrected chi connectivity index (χ4v) is 5.66. The predicted molar refractivity (Wildman–Crippen MR) is 150 cm³/mol. The van der Waals surface area contributed by atoms with Crippen LogP contribution in [0.3, 0.4) is 0 Å². The van der Waals surface area contributed by atoms with Crippen molar-refractivity contribution in [1.29, 1.82) is 0 Å². The van der Waals surface area contributed by atoms with Gasteiger partial charge in [-0.2, -0.15) is 0 Å². The van der Waals surface area contributed by atoms with Gasteiger partial charge in [-0.3, -0.25) is 4.98 Å². The second kappa shape index (κ2) is 9.29. The Morgan fingerprint density at radius 2 is 1.65 bits per heavy atom. The smallest absolute Gasteiger partial charge is 0.174 e. The van der Waals surface area contributed by atoms with Crippen LogP contribution in [0.15, 0.2) is 81.9 Å². The van der Waals surface area contributed by atoms with E-state index in [0.717, 1.165) is 26.0 Å². The van der Waals surface area contributed by atoms with Crippen LogP contribution in [0.2, 0.25) is 0 Å². The van der Waals surface area contributed by atoms with Gasteiger partial charge in [0, 0.05) is 37.9 Å². The lowest BCUT2D eigenvalue weighted by atomic mass is 9.96. The topological polar surface area (TPSA) is 33.1 Å². The number of rotatable bonds is 4. The van der Waals surface area contributed by atoms with Crippen LogP contribution in [0.25, 0.3) is 5.69 Å². The van der Waals surface area contributed by atoms with E-state index in [0.29, 0.717) is 5.11 Å². The molecular weight excluding hydrogens is 572 g/mol. The monoisotopic (exact) mass is 594 g/mol. The first-order valence-corrected chi connectivity index (χ1v) is 13.1. The van der Waals surface area contributed by atoms with Gasteiger partial charge in [0.05, 0.1) is 17.8 Å². The maximum atomic E-state index is 5.91. The van der Waals surface area contributed by atoms with Crippen molar-refractivity contribution < 1.29 is 0 Å². The number of nitrogens with one attached hydrogen (secondary N) is 1. The number of thiocarbonyl (C=S) groups is 1. The third kappa shape index (κ3) is 4.10. The molecule has 0 bridgehead atoms. The molecule has 1 aliphatic rings. The summed E-state index contributed by atoms with van der Waals surface area (Å²) in [5.74, 6) is 0. The van der Waals surface area contributed by atoms with Gasteiger partial charge in [0.15, 0.2) is 5.11 Å². The van der Waals surface area contributed by atoms with Crippen LogP contribution in [-0.2, 0) is 0 Å². The summed E-state index contributed by atoms with van der Waals surface area (Å²) in [5, 5.41) is 4.28. The summed E-state index contributed by atoms with van der Waals surface area (Å²) in [6.07, 6.45) is 1.84. The van der Waals surface area contributed by atoms with Crippen LogP contribution in [0.1, 0.15) is 40.3 Å². The maximum absolute atomic E-state index is 5.91. The van der Waals surface area contributed by atoms with E-state index >= 15 is 0 Å². The minimum Gasteiger partial charge on any atom is -0.351 e. The fourth-order valence-electron chi connectivity index (χ4n) is 4.80. The van der Waals surface area contributed by atoms with Crippen molar-refractivity contribution in [3.8, 4) is 5.69 Å². The van der Waals surface area contributed by atoms with Gasteiger partial charge in [0.1, 0.15) is 0 Å². The van der Waals surface area contributed by atoms with Gasteiger partial charge < -0.3 is 14.8 Å². The number of nitrogens with zero attached hydrogens (tertiary/aromatic N) is 3. The Morgan fingerprint density at radius 1 is 0.912 bits per heavy atom. The molecule has 0 spiro atoms. The second-order valence-electron chi connectivity index (χ2n) is 8.57. The highest BCUT2D eigenvalue weighted by Gasteiger charge is 2.42. The fraction of sp³-hybridized carbons (Fsp3) is 0.185. The Morgan fingerprint density at radius 3 is 2.32 bits per heavy atom. The number of halogens is 2. The van der Waals surface area contributed by atoms with E-state index in [1.807, 2.05) is 18.3 Å². The lowest BCUT2D eigenvalue weighted by Crippen LogP contribution is -2.29. The molecule has 34 heavy (non-hydrogen) atoms. The van der Waals surface area contributed by atoms with Crippen LogP contribution in [0.5, 0.6) is 0 Å². The van der Waals surface area contributed by atoms with E-state index in [2.05, 4.69) is 127 Å². The molecule has 1 N–H and O–H groups in total. The molecule has 1 fully saturated rings. The molecule has 5 rings (SSSR count). The van der Waals surface area contributed by atoms with Gasteiger partial charge in [0.25, 0.3) is 0 Å². The largest absolute Gasteiger partial charge is 0.351 e. The molecule has 1 saturated heterocycles. The number of hydrogen-bond acceptors (Lipinski definition) is 2. The molecule has 0 amide bonds. The predicted octanol–water partition coefficient (Wildman–Crippen LogP) is 7.50. The second-order valence-corrected chi connectivity index (χ2v) is 10.7. The van der Waals surface area contributed by atoms with Crippen molar-refractivity contribution in [2.24, 2.45) is 0 Å². The Labute approximate surface area is 222 Å². The highest BCUT2D eigenvalue weighted by atomic mass is 79.9. The maximum Gasteiger partial charge on any atom is 0.174 e. The first kappa shape index (κ1) is 23.3. The van der Waals surface area contributed by atoms with E-state index in [-0.39, 0.29) is 12.1 Å². The lowest BCUT2D eigenvalue weighted by molar-refractivity contribution is 0.565. The molecule has 0 saturated carbocycles. The normalized spacial score (nSPS) is 17.8. The summed E-state index contributed by atoms with van der Waals surface area (Å²) in [4.78, 5) is 6.93. The van der Waals surface area contributed by atoms with Gasteiger partial charge >= 0.3 is 0 Å². The average Bonchev–Trinajstić information content (AvgIpc) is 3.32. The van der Waals surface area contributed by atoms with Crippen molar-refractivity contribution in [2.45, 2.75) is 32.9 Å². The molecule has 1 aliphatic heterocycles. The molecular formula is C27H24Br2N4S. The van der Waals surface area contributed by atoms with Crippen molar-refractivity contribution in [3.05, 3.63) is 110 Å². The van der Waals surface area contributed by atoms with Crippen LogP contribution >= 0.6 is 44.1 Å². The highest BCUT2D eigenvalue weighted by Crippen LogP contribution is 2.44. The van der Waals surface area contributed by atoms with Gasteiger partial charge in [0.2, 0.25) is 0 Å². The lowest BCUT2D eigenvalue weighted by Gasteiger charge is -2.28. The molecule has 0 unspecified atom stereocenters. The molecule has 2 atom stereocenters. The van der Waals surface area contributed by atoms with Crippen LogP contribution in [0.4, 0.5) is 5.69 Å². The molecule has 7 heteroatoms. The van der Waals surface area contributed by atoms with E-state index in [9.17, 15) is 0 Å². The average molecular weight is 596 g/mol. The van der Waals surface area contributed by atoms with Crippen LogP contribution in [0, 0.1) is 20.8 Å². The summed E-state index contributed by atoms with van der Waals surface area (Å²) in [7, 11) is 0. The number of pyridine rings is 1. The third-order valence-corrected chi connectivity index (χ3v) is 8.12. The Bertz CT molecular complexity index is 1370. The Hall–Kier alpha value is -2.48. The highest BCUT2D eigenvalue weighted by molar-refractivity contribution is 9.10. The molecule has 172 valence electrons. The van der Waals surface area contributed by atoms with E-state index in [1.165, 1.54) is 22.5 Å². The van der Waals surface area contributed by atoms with E-state index in [1.54, 1.807) is 0 Å². The molecule has 0 radical (unpaired) electrons.